The van der Waals surface area contributed by atoms with Crippen molar-refractivity contribution in [3.8, 4) is 11.6 Å². The number of aromatic hydroxyl groups is 1. The average molecular weight is 476 g/mol. The van der Waals surface area contributed by atoms with Gasteiger partial charge in [0.2, 0.25) is 11.8 Å². The second-order valence-corrected chi connectivity index (χ2v) is 9.25. The largest absolute Gasteiger partial charge is 0.508 e. The van der Waals surface area contributed by atoms with Crippen molar-refractivity contribution in [1.29, 1.82) is 0 Å². The number of aryl methyl sites for hydroxylation is 2. The summed E-state index contributed by atoms with van der Waals surface area (Å²) in [6.45, 7) is 8.00. The number of phenols is 1. The fourth-order valence-corrected chi connectivity index (χ4v) is 4.61. The molecular formula is C27H33N5O3. The lowest BCUT2D eigenvalue weighted by Gasteiger charge is -2.30. The van der Waals surface area contributed by atoms with Crippen molar-refractivity contribution in [3.63, 3.8) is 0 Å². The van der Waals surface area contributed by atoms with Gasteiger partial charge < -0.3 is 25.4 Å². The number of phenolic OH excluding ortho intramolecular Hbond substituents is 1. The van der Waals surface area contributed by atoms with Gasteiger partial charge in [0.1, 0.15) is 11.3 Å². The van der Waals surface area contributed by atoms with Crippen molar-refractivity contribution in [2.24, 2.45) is 0 Å². The van der Waals surface area contributed by atoms with Crippen LogP contribution >= 0.6 is 0 Å². The van der Waals surface area contributed by atoms with Crippen LogP contribution in [0.1, 0.15) is 51.4 Å². The molecule has 0 spiro atoms. The lowest BCUT2D eigenvalue weighted by atomic mass is 9.87. The van der Waals surface area contributed by atoms with E-state index in [4.69, 9.17) is 4.74 Å². The fourth-order valence-electron chi connectivity index (χ4n) is 4.61. The molecule has 0 unspecified atom stereocenters. The van der Waals surface area contributed by atoms with Gasteiger partial charge in [-0.25, -0.2) is 4.98 Å². The molecule has 2 heterocycles. The summed E-state index contributed by atoms with van der Waals surface area (Å²) in [7, 11) is 3.64. The summed E-state index contributed by atoms with van der Waals surface area (Å²) in [5.41, 5.74) is 5.70. The Hall–Kier alpha value is -3.65. The normalized spacial score (nSPS) is 14.5. The lowest BCUT2D eigenvalue weighted by Crippen LogP contribution is -2.29. The molecule has 1 aliphatic heterocycles. The number of aromatic nitrogens is 2. The molecule has 1 fully saturated rings. The van der Waals surface area contributed by atoms with E-state index in [-0.39, 0.29) is 17.2 Å². The first kappa shape index (κ1) is 24.5. The van der Waals surface area contributed by atoms with Crippen LogP contribution in [0, 0.1) is 20.8 Å². The third-order valence-corrected chi connectivity index (χ3v) is 6.76. The molecule has 0 atom stereocenters. The molecule has 2 aromatic carbocycles. The minimum Gasteiger partial charge on any atom is -0.508 e. The molecule has 4 rings (SSSR count). The number of likely N-dealkylation sites (tertiary alicyclic amines) is 1. The molecule has 3 aromatic rings. The van der Waals surface area contributed by atoms with Crippen molar-refractivity contribution in [2.75, 3.05) is 37.9 Å². The van der Waals surface area contributed by atoms with Gasteiger partial charge in [-0.3, -0.25) is 4.79 Å². The molecule has 8 nitrogen and oxygen atoms in total. The number of hydrogen-bond acceptors (Lipinski definition) is 7. The third kappa shape index (κ3) is 5.38. The predicted octanol–water partition coefficient (Wildman–Crippen LogP) is 4.92. The number of nitrogens with one attached hydrogen (secondary N) is 2. The van der Waals surface area contributed by atoms with Crippen molar-refractivity contribution >= 4 is 23.2 Å². The van der Waals surface area contributed by atoms with Crippen molar-refractivity contribution in [2.45, 2.75) is 39.5 Å². The summed E-state index contributed by atoms with van der Waals surface area (Å²) in [4.78, 5) is 24.1. The van der Waals surface area contributed by atoms with E-state index in [0.29, 0.717) is 23.1 Å². The highest BCUT2D eigenvalue weighted by Crippen LogP contribution is 2.32. The molecule has 0 radical (unpaired) electrons. The number of amides is 1. The van der Waals surface area contributed by atoms with Crippen molar-refractivity contribution in [3.05, 3.63) is 64.3 Å². The molecule has 1 amide bonds. The summed E-state index contributed by atoms with van der Waals surface area (Å²) in [6.07, 6.45) is 3.79. The van der Waals surface area contributed by atoms with Gasteiger partial charge in [0.25, 0.3) is 5.91 Å². The van der Waals surface area contributed by atoms with E-state index in [2.05, 4.69) is 51.6 Å². The molecule has 1 aliphatic rings. The maximum atomic E-state index is 13.0. The molecule has 184 valence electrons. The highest BCUT2D eigenvalue weighted by Gasteiger charge is 2.21. The Kier molecular flexibility index (Phi) is 7.21. The second-order valence-electron chi connectivity index (χ2n) is 9.25. The van der Waals surface area contributed by atoms with Gasteiger partial charge in [0.05, 0.1) is 12.8 Å². The van der Waals surface area contributed by atoms with Crippen LogP contribution in [-0.4, -0.2) is 53.1 Å². The number of methoxy groups -OCH3 is 1. The zero-order chi connectivity index (χ0) is 25.1. The number of piperidine rings is 1. The molecule has 0 saturated carbocycles. The maximum absolute atomic E-state index is 13.0. The molecule has 1 saturated heterocycles. The summed E-state index contributed by atoms with van der Waals surface area (Å²) in [5, 5.41) is 16.1. The summed E-state index contributed by atoms with van der Waals surface area (Å²) >= 11 is 0. The molecule has 8 heteroatoms. The quantitative estimate of drug-likeness (QED) is 0.465. The smallest absolute Gasteiger partial charge is 0.262 e. The van der Waals surface area contributed by atoms with Gasteiger partial charge in [0, 0.05) is 17.4 Å². The second kappa shape index (κ2) is 10.3. The standard InChI is InChI=1S/C27H33N5O3/c1-16-6-9-23(33)18(3)24(16)30-25(34)22-15-28-27(31-26(22)35-5)29-20-7-8-21(17(2)14-20)19-10-12-32(4)13-11-19/h6-9,14-15,19,33H,10-13H2,1-5H3,(H,30,34)(H,28,29,31). The van der Waals surface area contributed by atoms with Gasteiger partial charge in [-0.1, -0.05) is 12.1 Å². The molecule has 35 heavy (non-hydrogen) atoms. The topological polar surface area (TPSA) is 99.6 Å². The zero-order valence-corrected chi connectivity index (χ0v) is 21.0. The highest BCUT2D eigenvalue weighted by molar-refractivity contribution is 6.06. The molecule has 0 aliphatic carbocycles. The van der Waals surface area contributed by atoms with E-state index in [9.17, 15) is 9.90 Å². The maximum Gasteiger partial charge on any atom is 0.262 e. The van der Waals surface area contributed by atoms with Crippen LogP contribution in [0.3, 0.4) is 0 Å². The Labute approximate surface area is 206 Å². The van der Waals surface area contributed by atoms with Gasteiger partial charge >= 0.3 is 0 Å². The Morgan fingerprint density at radius 1 is 1.11 bits per heavy atom. The van der Waals surface area contributed by atoms with Crippen molar-refractivity contribution < 1.29 is 14.6 Å². The van der Waals surface area contributed by atoms with E-state index in [1.807, 2.05) is 13.0 Å². The van der Waals surface area contributed by atoms with E-state index in [1.54, 1.807) is 19.1 Å². The SMILES string of the molecule is COc1nc(Nc2ccc(C3CCN(C)CC3)c(C)c2)ncc1C(=O)Nc1c(C)ccc(O)c1C. The Morgan fingerprint density at radius 3 is 2.54 bits per heavy atom. The number of nitrogens with zero attached hydrogens (tertiary/aromatic N) is 3. The first-order valence-electron chi connectivity index (χ1n) is 11.8. The zero-order valence-electron chi connectivity index (χ0n) is 21.0. The first-order chi connectivity index (χ1) is 16.8. The van der Waals surface area contributed by atoms with E-state index >= 15 is 0 Å². The minimum atomic E-state index is -0.413. The Morgan fingerprint density at radius 2 is 1.86 bits per heavy atom. The van der Waals surface area contributed by atoms with E-state index < -0.39 is 5.91 Å². The van der Waals surface area contributed by atoms with E-state index in [0.717, 1.165) is 24.3 Å². The van der Waals surface area contributed by atoms with Crippen LogP contribution in [0.4, 0.5) is 17.3 Å². The molecule has 1 aromatic heterocycles. The van der Waals surface area contributed by atoms with Crippen molar-refractivity contribution in [1.82, 2.24) is 14.9 Å². The Bertz CT molecular complexity index is 1240. The number of ether oxygens (including phenoxy) is 1. The lowest BCUT2D eigenvalue weighted by molar-refractivity contribution is 0.102. The highest BCUT2D eigenvalue weighted by atomic mass is 16.5. The first-order valence-corrected chi connectivity index (χ1v) is 11.8. The van der Waals surface area contributed by atoms with E-state index in [1.165, 1.54) is 37.3 Å². The van der Waals surface area contributed by atoms with Gasteiger partial charge in [-0.15, -0.1) is 0 Å². The van der Waals surface area contributed by atoms with Crippen LogP contribution in [0.25, 0.3) is 0 Å². The fraction of sp³-hybridized carbons (Fsp3) is 0.370. The molecule has 3 N–H and O–H groups in total. The van der Waals surface area contributed by atoms with Crippen LogP contribution in [0.15, 0.2) is 36.5 Å². The molecular weight excluding hydrogens is 442 g/mol. The van der Waals surface area contributed by atoms with Crippen LogP contribution in [0.2, 0.25) is 0 Å². The van der Waals surface area contributed by atoms with Crippen LogP contribution in [0.5, 0.6) is 11.6 Å². The summed E-state index contributed by atoms with van der Waals surface area (Å²) < 4.78 is 5.39. The third-order valence-electron chi connectivity index (χ3n) is 6.76. The van der Waals surface area contributed by atoms with Gasteiger partial charge in [-0.05, 0) is 94.6 Å². The number of anilines is 3. The van der Waals surface area contributed by atoms with Crippen LogP contribution < -0.4 is 15.4 Å². The predicted molar refractivity (Wildman–Crippen MR) is 138 cm³/mol. The monoisotopic (exact) mass is 475 g/mol. The number of carbonyl (C=O) groups is 1. The number of carbonyl (C=O) groups excluding carboxylic acids is 1. The average Bonchev–Trinajstić information content (AvgIpc) is 2.85. The Balaban J connectivity index is 1.50. The van der Waals surface area contributed by atoms with Gasteiger partial charge in [0.15, 0.2) is 0 Å². The number of benzene rings is 2. The summed E-state index contributed by atoms with van der Waals surface area (Å²) in [6, 6.07) is 9.69. The summed E-state index contributed by atoms with van der Waals surface area (Å²) in [5.74, 6) is 0.798. The number of hydrogen-bond donors (Lipinski definition) is 3. The van der Waals surface area contributed by atoms with Crippen LogP contribution in [-0.2, 0) is 0 Å². The number of rotatable bonds is 6. The molecule has 0 bridgehead atoms. The minimum absolute atomic E-state index is 0.116. The van der Waals surface area contributed by atoms with Gasteiger partial charge in [-0.2, -0.15) is 4.98 Å².